The highest BCUT2D eigenvalue weighted by molar-refractivity contribution is 7.15. The molecule has 0 saturated carbocycles. The molecule has 1 unspecified atom stereocenters. The lowest BCUT2D eigenvalue weighted by atomic mass is 9.93. The first-order valence-electron chi connectivity index (χ1n) is 6.50. The highest BCUT2D eigenvalue weighted by Gasteiger charge is 2.19. The third kappa shape index (κ3) is 2.98. The number of hydrogen-bond acceptors (Lipinski definition) is 5. The average molecular weight is 272 g/mol. The molecule has 19 heavy (non-hydrogen) atoms. The number of pyridine rings is 1. The smallest absolute Gasteiger partial charge is 0.203 e. The Hall–Kier alpha value is -1.75. The molecule has 2 aromatic heterocycles. The summed E-state index contributed by atoms with van der Waals surface area (Å²) in [6.45, 7) is 2.30. The molecule has 3 rings (SSSR count). The molecule has 0 saturated heterocycles. The van der Waals surface area contributed by atoms with Gasteiger partial charge in [-0.05, 0) is 37.3 Å². The zero-order chi connectivity index (χ0) is 13.1. The van der Waals surface area contributed by atoms with Crippen molar-refractivity contribution in [3.63, 3.8) is 0 Å². The van der Waals surface area contributed by atoms with Gasteiger partial charge in [-0.1, -0.05) is 13.0 Å². The molecule has 5 heteroatoms. The van der Waals surface area contributed by atoms with Crippen molar-refractivity contribution in [3.05, 3.63) is 40.7 Å². The first-order chi connectivity index (χ1) is 9.31. The third-order valence-electron chi connectivity index (χ3n) is 3.23. The molecule has 0 spiro atoms. The number of rotatable bonds is 3. The van der Waals surface area contributed by atoms with Crippen molar-refractivity contribution in [2.24, 2.45) is 11.0 Å². The summed E-state index contributed by atoms with van der Waals surface area (Å²) in [5.74, 6) is 0.776. The molecule has 0 bridgehead atoms. The van der Waals surface area contributed by atoms with E-state index in [9.17, 15) is 0 Å². The number of nitrogens with zero attached hydrogens (tertiary/aromatic N) is 3. The second-order valence-electron chi connectivity index (χ2n) is 4.86. The van der Waals surface area contributed by atoms with Crippen molar-refractivity contribution in [2.45, 2.75) is 26.2 Å². The summed E-state index contributed by atoms with van der Waals surface area (Å²) in [5.41, 5.74) is 5.09. The fraction of sp³-hybridized carbons (Fsp3) is 0.357. The maximum absolute atomic E-state index is 4.59. The zero-order valence-electron chi connectivity index (χ0n) is 10.8. The number of aryl methyl sites for hydroxylation is 1. The van der Waals surface area contributed by atoms with Crippen molar-refractivity contribution in [1.82, 2.24) is 9.97 Å². The van der Waals surface area contributed by atoms with E-state index in [1.807, 2.05) is 18.2 Å². The Labute approximate surface area is 116 Å². The molecule has 0 radical (unpaired) electrons. The number of aromatic nitrogens is 2. The van der Waals surface area contributed by atoms with Gasteiger partial charge in [0.05, 0.1) is 17.6 Å². The summed E-state index contributed by atoms with van der Waals surface area (Å²) in [4.78, 5) is 10.2. The van der Waals surface area contributed by atoms with E-state index in [1.165, 1.54) is 17.0 Å². The van der Waals surface area contributed by atoms with Crippen LogP contribution in [-0.4, -0.2) is 16.2 Å². The van der Waals surface area contributed by atoms with E-state index < -0.39 is 0 Å². The molecule has 0 fully saturated rings. The molecule has 0 aromatic carbocycles. The Morgan fingerprint density at radius 3 is 3.26 bits per heavy atom. The predicted octanol–water partition coefficient (Wildman–Crippen LogP) is 3.11. The molecule has 0 amide bonds. The summed E-state index contributed by atoms with van der Waals surface area (Å²) >= 11 is 1.72. The first-order valence-corrected chi connectivity index (χ1v) is 7.31. The van der Waals surface area contributed by atoms with Crippen molar-refractivity contribution in [1.29, 1.82) is 0 Å². The van der Waals surface area contributed by atoms with Gasteiger partial charge in [0.15, 0.2) is 0 Å². The van der Waals surface area contributed by atoms with Crippen LogP contribution in [0.15, 0.2) is 29.5 Å². The largest absolute Gasteiger partial charge is 0.255 e. The predicted molar refractivity (Wildman–Crippen MR) is 78.8 cm³/mol. The van der Waals surface area contributed by atoms with Crippen molar-refractivity contribution in [3.8, 4) is 0 Å². The zero-order valence-corrected chi connectivity index (χ0v) is 11.7. The van der Waals surface area contributed by atoms with Crippen LogP contribution in [0.2, 0.25) is 0 Å². The fourth-order valence-electron chi connectivity index (χ4n) is 2.19. The normalized spacial score (nSPS) is 18.5. The van der Waals surface area contributed by atoms with Crippen molar-refractivity contribution < 1.29 is 0 Å². The van der Waals surface area contributed by atoms with Gasteiger partial charge in [-0.15, -0.1) is 11.3 Å². The van der Waals surface area contributed by atoms with Crippen LogP contribution in [0.1, 0.15) is 29.6 Å². The Bertz CT molecular complexity index is 576. The molecule has 0 aliphatic heterocycles. The molecule has 2 heterocycles. The number of anilines is 1. The SMILES string of the molecule is CC1CCc2nc(N/N=C\c3ccccn3)sc2C1. The Balaban J connectivity index is 1.66. The van der Waals surface area contributed by atoms with E-state index in [-0.39, 0.29) is 0 Å². The highest BCUT2D eigenvalue weighted by Crippen LogP contribution is 2.31. The van der Waals surface area contributed by atoms with Gasteiger partial charge in [0.1, 0.15) is 0 Å². The van der Waals surface area contributed by atoms with Crippen LogP contribution in [0, 0.1) is 5.92 Å². The van der Waals surface area contributed by atoms with E-state index in [4.69, 9.17) is 0 Å². The van der Waals surface area contributed by atoms with E-state index in [0.29, 0.717) is 0 Å². The molecular weight excluding hydrogens is 256 g/mol. The van der Waals surface area contributed by atoms with Crippen LogP contribution < -0.4 is 5.43 Å². The van der Waals surface area contributed by atoms with E-state index in [2.05, 4.69) is 27.4 Å². The van der Waals surface area contributed by atoms with Gasteiger partial charge in [-0.2, -0.15) is 5.10 Å². The molecule has 1 aliphatic rings. The van der Waals surface area contributed by atoms with Crippen LogP contribution in [0.25, 0.3) is 0 Å². The lowest BCUT2D eigenvalue weighted by Crippen LogP contribution is -2.09. The second kappa shape index (κ2) is 5.48. The van der Waals surface area contributed by atoms with Gasteiger partial charge in [0.2, 0.25) is 5.13 Å². The second-order valence-corrected chi connectivity index (χ2v) is 5.95. The van der Waals surface area contributed by atoms with E-state index in [1.54, 1.807) is 23.7 Å². The van der Waals surface area contributed by atoms with Crippen LogP contribution in [0.4, 0.5) is 5.13 Å². The number of hydrogen-bond donors (Lipinski definition) is 1. The van der Waals surface area contributed by atoms with Crippen molar-refractivity contribution >= 4 is 22.7 Å². The molecular formula is C14H16N4S. The third-order valence-corrected chi connectivity index (χ3v) is 4.26. The molecule has 1 aliphatic carbocycles. The average Bonchev–Trinajstić information content (AvgIpc) is 2.82. The maximum Gasteiger partial charge on any atom is 0.203 e. The van der Waals surface area contributed by atoms with Gasteiger partial charge in [-0.25, -0.2) is 4.98 Å². The minimum atomic E-state index is 0.776. The number of nitrogens with one attached hydrogen (secondary N) is 1. The van der Waals surface area contributed by atoms with Crippen molar-refractivity contribution in [2.75, 3.05) is 5.43 Å². The summed E-state index contributed by atoms with van der Waals surface area (Å²) in [6, 6.07) is 5.75. The van der Waals surface area contributed by atoms with Crippen LogP contribution in [0.5, 0.6) is 0 Å². The quantitative estimate of drug-likeness (QED) is 0.690. The number of fused-ring (bicyclic) bond motifs is 1. The van der Waals surface area contributed by atoms with Gasteiger partial charge in [0.25, 0.3) is 0 Å². The maximum atomic E-state index is 4.59. The molecule has 98 valence electrons. The summed E-state index contributed by atoms with van der Waals surface area (Å²) < 4.78 is 0. The van der Waals surface area contributed by atoms with Gasteiger partial charge >= 0.3 is 0 Å². The summed E-state index contributed by atoms with van der Waals surface area (Å²) in [7, 11) is 0. The van der Waals surface area contributed by atoms with Crippen LogP contribution in [-0.2, 0) is 12.8 Å². The van der Waals surface area contributed by atoms with Crippen LogP contribution in [0.3, 0.4) is 0 Å². The van der Waals surface area contributed by atoms with E-state index >= 15 is 0 Å². The Morgan fingerprint density at radius 1 is 1.47 bits per heavy atom. The number of thiazole rings is 1. The standard InChI is InChI=1S/C14H16N4S/c1-10-5-6-12-13(8-10)19-14(17-12)18-16-9-11-4-2-3-7-15-11/h2-4,7,9-10H,5-6,8H2,1H3,(H,17,18)/b16-9-. The topological polar surface area (TPSA) is 50.2 Å². The monoisotopic (exact) mass is 272 g/mol. The summed E-state index contributed by atoms with van der Waals surface area (Å²) in [6.07, 6.45) is 6.96. The highest BCUT2D eigenvalue weighted by atomic mass is 32.1. The lowest BCUT2D eigenvalue weighted by molar-refractivity contribution is 0.502. The van der Waals surface area contributed by atoms with Crippen LogP contribution >= 0.6 is 11.3 Å². The lowest BCUT2D eigenvalue weighted by Gasteiger charge is -2.15. The Morgan fingerprint density at radius 2 is 2.42 bits per heavy atom. The minimum Gasteiger partial charge on any atom is -0.255 e. The molecule has 1 N–H and O–H groups in total. The van der Waals surface area contributed by atoms with Gasteiger partial charge < -0.3 is 0 Å². The molecule has 4 nitrogen and oxygen atoms in total. The van der Waals surface area contributed by atoms with Gasteiger partial charge in [0, 0.05) is 11.1 Å². The fourth-order valence-corrected chi connectivity index (χ4v) is 3.31. The molecule has 1 atom stereocenters. The Kier molecular flexibility index (Phi) is 3.55. The number of hydrazone groups is 1. The summed E-state index contributed by atoms with van der Waals surface area (Å²) in [5, 5.41) is 5.07. The molecule has 2 aromatic rings. The minimum absolute atomic E-state index is 0.776. The first kappa shape index (κ1) is 12.3. The van der Waals surface area contributed by atoms with E-state index in [0.717, 1.165) is 29.6 Å². The van der Waals surface area contributed by atoms with Gasteiger partial charge in [-0.3, -0.25) is 10.4 Å².